The Morgan fingerprint density at radius 3 is 2.17 bits per heavy atom. The molecule has 0 heterocycles. The lowest BCUT2D eigenvalue weighted by atomic mass is 10.0. The smallest absolute Gasteiger partial charge is 0.354 e. The van der Waals surface area contributed by atoms with Crippen molar-refractivity contribution in [2.75, 3.05) is 17.4 Å². The molecule has 0 fully saturated rings. The number of benzene rings is 4. The van der Waals surface area contributed by atoms with Crippen LogP contribution in [0.3, 0.4) is 0 Å². The first-order chi connectivity index (χ1) is 22.3. The van der Waals surface area contributed by atoms with Crippen molar-refractivity contribution in [3.63, 3.8) is 0 Å². The van der Waals surface area contributed by atoms with E-state index in [1.54, 1.807) is 55.5 Å². The minimum Gasteiger partial charge on any atom is -0.354 e. The van der Waals surface area contributed by atoms with Gasteiger partial charge in [-0.1, -0.05) is 89.1 Å². The molecule has 4 aromatic carbocycles. The van der Waals surface area contributed by atoms with Gasteiger partial charge in [0.05, 0.1) is 16.1 Å². The highest BCUT2D eigenvalue weighted by atomic mass is 79.9. The van der Waals surface area contributed by atoms with Crippen LogP contribution in [0, 0.1) is 6.92 Å². The molecule has 0 saturated heterocycles. The molecule has 4 rings (SSSR count). The highest BCUT2D eigenvalue weighted by Gasteiger charge is 2.36. The van der Waals surface area contributed by atoms with Crippen molar-refractivity contribution in [2.45, 2.75) is 50.3 Å². The lowest BCUT2D eigenvalue weighted by Crippen LogP contribution is -2.53. The van der Waals surface area contributed by atoms with Crippen molar-refractivity contribution >= 4 is 43.5 Å². The summed E-state index contributed by atoms with van der Waals surface area (Å²) in [6.07, 6.45) is -4.00. The molecule has 248 valence electrons. The molecular weight excluding hydrogens is 695 g/mol. The number of amides is 2. The monoisotopic (exact) mass is 729 g/mol. The minimum absolute atomic E-state index is 0.0731. The van der Waals surface area contributed by atoms with Crippen LogP contribution in [0.1, 0.15) is 35.6 Å². The predicted molar refractivity (Wildman–Crippen MR) is 179 cm³/mol. The summed E-state index contributed by atoms with van der Waals surface area (Å²) in [7, 11) is -4.55. The molecule has 0 aliphatic carbocycles. The Hall–Kier alpha value is -4.16. The van der Waals surface area contributed by atoms with Gasteiger partial charge < -0.3 is 10.2 Å². The quantitative estimate of drug-likeness (QED) is 0.159. The fourth-order valence-electron chi connectivity index (χ4n) is 4.96. The first kappa shape index (κ1) is 35.7. The van der Waals surface area contributed by atoms with Crippen molar-refractivity contribution < 1.29 is 31.2 Å². The van der Waals surface area contributed by atoms with Crippen molar-refractivity contribution in [1.82, 2.24) is 10.2 Å². The summed E-state index contributed by atoms with van der Waals surface area (Å²) < 4.78 is 70.9. The molecule has 0 saturated carbocycles. The van der Waals surface area contributed by atoms with Gasteiger partial charge in [0.25, 0.3) is 10.0 Å². The molecule has 1 N–H and O–H groups in total. The molecule has 0 aromatic heterocycles. The zero-order chi connectivity index (χ0) is 34.2. The van der Waals surface area contributed by atoms with Gasteiger partial charge in [0, 0.05) is 24.0 Å². The second-order valence-electron chi connectivity index (χ2n) is 11.0. The van der Waals surface area contributed by atoms with E-state index in [9.17, 15) is 31.2 Å². The zero-order valence-corrected chi connectivity index (χ0v) is 28.3. The average molecular weight is 731 g/mol. The summed E-state index contributed by atoms with van der Waals surface area (Å²) in [5.41, 5.74) is 0.775. The lowest BCUT2D eigenvalue weighted by Gasteiger charge is -2.34. The van der Waals surface area contributed by atoms with Crippen LogP contribution in [-0.4, -0.2) is 44.3 Å². The number of rotatable bonds is 13. The molecular formula is C35H35BrF3N3O4S. The molecule has 47 heavy (non-hydrogen) atoms. The van der Waals surface area contributed by atoms with E-state index >= 15 is 0 Å². The summed E-state index contributed by atoms with van der Waals surface area (Å²) in [6, 6.07) is 24.7. The summed E-state index contributed by atoms with van der Waals surface area (Å²) >= 11 is 3.43. The van der Waals surface area contributed by atoms with Gasteiger partial charge in [-0.05, 0) is 66.9 Å². The van der Waals surface area contributed by atoms with Crippen LogP contribution in [0.25, 0.3) is 0 Å². The normalized spacial score (nSPS) is 12.3. The number of nitrogens with one attached hydrogen (secondary N) is 1. The fourth-order valence-corrected chi connectivity index (χ4v) is 6.81. The number of nitrogens with zero attached hydrogens (tertiary/aromatic N) is 2. The Labute approximate surface area is 281 Å². The van der Waals surface area contributed by atoms with Gasteiger partial charge in [0.2, 0.25) is 11.8 Å². The largest absolute Gasteiger partial charge is 0.416 e. The molecule has 0 spiro atoms. The predicted octanol–water partition coefficient (Wildman–Crippen LogP) is 7.14. The summed E-state index contributed by atoms with van der Waals surface area (Å²) in [6.45, 7) is 3.07. The molecule has 0 aliphatic rings. The SMILES string of the molecule is CCCNC(=O)[C@H](Cc1ccccc1)N(Cc1cccc(Br)c1)C(=O)CN(c1cccc(C(F)(F)F)c1)S(=O)(=O)c1ccc(C)cc1. The number of anilines is 1. The van der Waals surface area contributed by atoms with Gasteiger partial charge in [-0.15, -0.1) is 0 Å². The summed E-state index contributed by atoms with van der Waals surface area (Å²) in [5, 5.41) is 2.86. The molecule has 12 heteroatoms. The third-order valence-corrected chi connectivity index (χ3v) is 9.69. The van der Waals surface area contributed by atoms with E-state index < -0.39 is 46.2 Å². The van der Waals surface area contributed by atoms with Crippen molar-refractivity contribution in [3.05, 3.63) is 130 Å². The average Bonchev–Trinajstić information content (AvgIpc) is 3.04. The Morgan fingerprint density at radius 1 is 0.872 bits per heavy atom. The highest BCUT2D eigenvalue weighted by molar-refractivity contribution is 9.10. The van der Waals surface area contributed by atoms with Crippen molar-refractivity contribution in [1.29, 1.82) is 0 Å². The van der Waals surface area contributed by atoms with Crippen molar-refractivity contribution in [3.8, 4) is 0 Å². The van der Waals surface area contributed by atoms with E-state index in [-0.39, 0.29) is 23.5 Å². The van der Waals surface area contributed by atoms with E-state index in [1.807, 2.05) is 25.1 Å². The highest BCUT2D eigenvalue weighted by Crippen LogP contribution is 2.33. The van der Waals surface area contributed by atoms with E-state index in [2.05, 4.69) is 21.2 Å². The maximum Gasteiger partial charge on any atom is 0.416 e. The van der Waals surface area contributed by atoms with Gasteiger partial charge in [0.1, 0.15) is 12.6 Å². The van der Waals surface area contributed by atoms with Crippen molar-refractivity contribution in [2.24, 2.45) is 0 Å². The maximum atomic E-state index is 14.4. The van der Waals surface area contributed by atoms with E-state index in [0.29, 0.717) is 28.9 Å². The second kappa shape index (κ2) is 15.6. The van der Waals surface area contributed by atoms with Crippen LogP contribution >= 0.6 is 15.9 Å². The van der Waals surface area contributed by atoms with Crippen LogP contribution in [0.5, 0.6) is 0 Å². The van der Waals surface area contributed by atoms with Crippen LogP contribution in [0.2, 0.25) is 0 Å². The van der Waals surface area contributed by atoms with Crippen LogP contribution in [-0.2, 0) is 38.8 Å². The number of aryl methyl sites for hydroxylation is 1. The van der Waals surface area contributed by atoms with Gasteiger partial charge in [-0.3, -0.25) is 13.9 Å². The zero-order valence-electron chi connectivity index (χ0n) is 25.9. The minimum atomic E-state index is -4.76. The Balaban J connectivity index is 1.84. The second-order valence-corrected chi connectivity index (χ2v) is 13.8. The number of alkyl halides is 3. The fraction of sp³-hybridized carbons (Fsp3) is 0.257. The third kappa shape index (κ3) is 9.45. The number of carbonyl (C=O) groups excluding carboxylic acids is 2. The van der Waals surface area contributed by atoms with Crippen LogP contribution in [0.4, 0.5) is 18.9 Å². The van der Waals surface area contributed by atoms with Gasteiger partial charge >= 0.3 is 6.18 Å². The first-order valence-electron chi connectivity index (χ1n) is 14.9. The molecule has 1 atom stereocenters. The summed E-state index contributed by atoms with van der Waals surface area (Å²) in [5.74, 6) is -1.21. The van der Waals surface area contributed by atoms with E-state index in [0.717, 1.165) is 27.7 Å². The molecule has 0 radical (unpaired) electrons. The van der Waals surface area contributed by atoms with E-state index in [4.69, 9.17) is 0 Å². The van der Waals surface area contributed by atoms with E-state index in [1.165, 1.54) is 23.1 Å². The Morgan fingerprint density at radius 2 is 1.53 bits per heavy atom. The summed E-state index contributed by atoms with van der Waals surface area (Å²) in [4.78, 5) is 29.2. The first-order valence-corrected chi connectivity index (χ1v) is 17.1. The number of hydrogen-bond donors (Lipinski definition) is 1. The number of carbonyl (C=O) groups is 2. The molecule has 0 unspecified atom stereocenters. The number of halogens is 4. The van der Waals surface area contributed by atoms with Gasteiger partial charge in [-0.2, -0.15) is 13.2 Å². The molecule has 0 aliphatic heterocycles. The molecule has 2 amide bonds. The number of hydrogen-bond acceptors (Lipinski definition) is 4. The molecule has 7 nitrogen and oxygen atoms in total. The number of sulfonamides is 1. The molecule has 0 bridgehead atoms. The van der Waals surface area contributed by atoms with Gasteiger partial charge in [0.15, 0.2) is 0 Å². The Kier molecular flexibility index (Phi) is 11.9. The third-order valence-electron chi connectivity index (χ3n) is 7.41. The Bertz CT molecular complexity index is 1790. The van der Waals surface area contributed by atoms with Gasteiger partial charge in [-0.25, -0.2) is 8.42 Å². The topological polar surface area (TPSA) is 86.8 Å². The lowest BCUT2D eigenvalue weighted by molar-refractivity contribution is -0.140. The van der Waals surface area contributed by atoms with Crippen LogP contribution in [0.15, 0.2) is 112 Å². The standard InChI is InChI=1S/C35H35BrF3N3O4S/c1-3-19-40-34(44)32(21-26-9-5-4-6-10-26)41(23-27-11-7-13-29(36)20-27)33(43)24-42(30-14-8-12-28(22-30)35(37,38)39)47(45,46)31-17-15-25(2)16-18-31/h4-18,20,22,32H,3,19,21,23-24H2,1-2H3,(H,40,44)/t32-/m0/s1. The van der Waals surface area contributed by atoms with Crippen LogP contribution < -0.4 is 9.62 Å². The maximum absolute atomic E-state index is 14.4. The molecule has 4 aromatic rings.